The van der Waals surface area contributed by atoms with Gasteiger partial charge in [-0.15, -0.1) is 11.3 Å². The molecule has 0 aliphatic carbocycles. The van der Waals surface area contributed by atoms with E-state index in [4.69, 9.17) is 0 Å². The van der Waals surface area contributed by atoms with Gasteiger partial charge in [0.05, 0.1) is 6.61 Å². The molecule has 0 unspecified atom stereocenters. The number of aryl methyl sites for hydroxylation is 1. The molecule has 1 aromatic heterocycles. The molecule has 3 rings (SSSR count). The van der Waals surface area contributed by atoms with Crippen molar-refractivity contribution in [2.24, 2.45) is 0 Å². The first kappa shape index (κ1) is 15.8. The molecule has 0 aliphatic rings. The van der Waals surface area contributed by atoms with E-state index in [0.29, 0.717) is 0 Å². The lowest BCUT2D eigenvalue weighted by Gasteiger charge is -2.21. The second-order valence-corrected chi connectivity index (χ2v) is 6.68. The molecular formula is C20H21NOS. The van der Waals surface area contributed by atoms with E-state index in [1.54, 1.807) is 11.3 Å². The van der Waals surface area contributed by atoms with E-state index in [9.17, 15) is 5.11 Å². The second kappa shape index (κ2) is 6.99. The van der Waals surface area contributed by atoms with Gasteiger partial charge in [0, 0.05) is 24.2 Å². The van der Waals surface area contributed by atoms with Crippen molar-refractivity contribution in [3.8, 4) is 10.4 Å². The van der Waals surface area contributed by atoms with Crippen LogP contribution in [0.5, 0.6) is 0 Å². The Bertz CT molecular complexity index is 776. The highest BCUT2D eigenvalue weighted by Gasteiger charge is 2.07. The van der Waals surface area contributed by atoms with Gasteiger partial charge >= 0.3 is 0 Å². The van der Waals surface area contributed by atoms with E-state index in [1.165, 1.54) is 21.7 Å². The first-order chi connectivity index (χ1) is 11.2. The molecule has 2 nitrogen and oxygen atoms in total. The van der Waals surface area contributed by atoms with Crippen molar-refractivity contribution in [1.29, 1.82) is 0 Å². The number of hydrogen-bond donors (Lipinski definition) is 1. The van der Waals surface area contributed by atoms with Crippen molar-refractivity contribution < 1.29 is 5.11 Å². The normalized spacial score (nSPS) is 10.7. The molecule has 2 aromatic carbocycles. The lowest BCUT2D eigenvalue weighted by molar-refractivity contribution is 0.280. The molecule has 0 saturated carbocycles. The van der Waals surface area contributed by atoms with E-state index in [2.05, 4.69) is 60.6 Å². The summed E-state index contributed by atoms with van der Waals surface area (Å²) in [5, 5.41) is 11.6. The molecule has 3 heteroatoms. The van der Waals surface area contributed by atoms with Crippen LogP contribution in [0, 0.1) is 6.92 Å². The third-order valence-corrected chi connectivity index (χ3v) is 5.19. The molecule has 1 N–H and O–H groups in total. The van der Waals surface area contributed by atoms with Crippen LogP contribution in [0.25, 0.3) is 10.4 Å². The van der Waals surface area contributed by atoms with Crippen LogP contribution < -0.4 is 4.90 Å². The molecule has 23 heavy (non-hydrogen) atoms. The van der Waals surface area contributed by atoms with Crippen molar-refractivity contribution in [2.45, 2.75) is 20.1 Å². The number of aliphatic hydroxyl groups excluding tert-OH is 1. The minimum Gasteiger partial charge on any atom is -0.392 e. The van der Waals surface area contributed by atoms with Crippen LogP contribution in [0.15, 0.2) is 60.0 Å². The number of hydrogen-bond acceptors (Lipinski definition) is 3. The maximum absolute atomic E-state index is 9.45. The van der Waals surface area contributed by atoms with E-state index in [0.717, 1.165) is 17.7 Å². The summed E-state index contributed by atoms with van der Waals surface area (Å²) < 4.78 is 0. The Morgan fingerprint density at radius 2 is 1.65 bits per heavy atom. The average molecular weight is 323 g/mol. The zero-order valence-corrected chi connectivity index (χ0v) is 14.3. The first-order valence-electron chi connectivity index (χ1n) is 7.72. The van der Waals surface area contributed by atoms with Crippen LogP contribution in [0.2, 0.25) is 0 Å². The van der Waals surface area contributed by atoms with Gasteiger partial charge in [-0.2, -0.15) is 0 Å². The molecule has 0 saturated heterocycles. The Morgan fingerprint density at radius 1 is 0.957 bits per heavy atom. The summed E-state index contributed by atoms with van der Waals surface area (Å²) in [6, 6.07) is 18.9. The fourth-order valence-electron chi connectivity index (χ4n) is 2.75. The zero-order valence-electron chi connectivity index (χ0n) is 13.5. The highest BCUT2D eigenvalue weighted by atomic mass is 32.1. The SMILES string of the molecule is Cc1ccsc1-c1ccc(N(C)Cc2ccccc2CO)cc1. The van der Waals surface area contributed by atoms with Gasteiger partial charge in [-0.1, -0.05) is 36.4 Å². The quantitative estimate of drug-likeness (QED) is 0.725. The first-order valence-corrected chi connectivity index (χ1v) is 8.60. The number of rotatable bonds is 5. The van der Waals surface area contributed by atoms with Gasteiger partial charge < -0.3 is 10.0 Å². The average Bonchev–Trinajstić information content (AvgIpc) is 3.01. The van der Waals surface area contributed by atoms with Crippen LogP contribution in [0.3, 0.4) is 0 Å². The summed E-state index contributed by atoms with van der Waals surface area (Å²) in [6.45, 7) is 3.02. The predicted molar refractivity (Wildman–Crippen MR) is 99.0 cm³/mol. The van der Waals surface area contributed by atoms with E-state index < -0.39 is 0 Å². The number of benzene rings is 2. The fraction of sp³-hybridized carbons (Fsp3) is 0.200. The highest BCUT2D eigenvalue weighted by molar-refractivity contribution is 7.13. The van der Waals surface area contributed by atoms with Gasteiger partial charge in [0.25, 0.3) is 0 Å². The molecule has 0 bridgehead atoms. The van der Waals surface area contributed by atoms with Crippen LogP contribution in [-0.4, -0.2) is 12.2 Å². The number of aliphatic hydroxyl groups is 1. The Hall–Kier alpha value is -2.10. The lowest BCUT2D eigenvalue weighted by atomic mass is 10.1. The van der Waals surface area contributed by atoms with Crippen molar-refractivity contribution in [1.82, 2.24) is 0 Å². The highest BCUT2D eigenvalue weighted by Crippen LogP contribution is 2.30. The minimum absolute atomic E-state index is 0.0839. The zero-order chi connectivity index (χ0) is 16.2. The largest absolute Gasteiger partial charge is 0.392 e. The Morgan fingerprint density at radius 3 is 2.26 bits per heavy atom. The van der Waals surface area contributed by atoms with Gasteiger partial charge in [-0.05, 0) is 52.8 Å². The summed E-state index contributed by atoms with van der Waals surface area (Å²) in [5.41, 5.74) is 5.93. The number of thiophene rings is 1. The van der Waals surface area contributed by atoms with Crippen LogP contribution in [0.4, 0.5) is 5.69 Å². The number of anilines is 1. The Kier molecular flexibility index (Phi) is 4.79. The van der Waals surface area contributed by atoms with Crippen LogP contribution in [-0.2, 0) is 13.2 Å². The molecule has 0 amide bonds. The van der Waals surface area contributed by atoms with E-state index in [-0.39, 0.29) is 6.61 Å². The molecule has 0 spiro atoms. The summed E-state index contributed by atoms with van der Waals surface area (Å²) in [7, 11) is 2.08. The maximum Gasteiger partial charge on any atom is 0.0685 e. The molecule has 118 valence electrons. The summed E-state index contributed by atoms with van der Waals surface area (Å²) in [6.07, 6.45) is 0. The predicted octanol–water partition coefficient (Wildman–Crippen LogP) is 4.85. The van der Waals surface area contributed by atoms with Gasteiger partial charge in [0.15, 0.2) is 0 Å². The van der Waals surface area contributed by atoms with E-state index in [1.807, 2.05) is 18.2 Å². The Balaban J connectivity index is 1.78. The van der Waals surface area contributed by atoms with Crippen LogP contribution >= 0.6 is 11.3 Å². The van der Waals surface area contributed by atoms with Gasteiger partial charge in [-0.25, -0.2) is 0 Å². The smallest absolute Gasteiger partial charge is 0.0685 e. The molecule has 0 aliphatic heterocycles. The second-order valence-electron chi connectivity index (χ2n) is 5.76. The van der Waals surface area contributed by atoms with Crippen molar-refractivity contribution in [3.05, 3.63) is 76.7 Å². The molecule has 1 heterocycles. The molecular weight excluding hydrogens is 302 g/mol. The summed E-state index contributed by atoms with van der Waals surface area (Å²) >= 11 is 1.78. The van der Waals surface area contributed by atoms with Gasteiger partial charge in [0.2, 0.25) is 0 Å². The van der Waals surface area contributed by atoms with Crippen LogP contribution in [0.1, 0.15) is 16.7 Å². The summed E-state index contributed by atoms with van der Waals surface area (Å²) in [4.78, 5) is 3.55. The van der Waals surface area contributed by atoms with Gasteiger partial charge in [0.1, 0.15) is 0 Å². The molecule has 0 atom stereocenters. The fourth-order valence-corrected chi connectivity index (χ4v) is 3.68. The summed E-state index contributed by atoms with van der Waals surface area (Å²) in [5.74, 6) is 0. The lowest BCUT2D eigenvalue weighted by Crippen LogP contribution is -2.17. The third kappa shape index (κ3) is 3.46. The number of nitrogens with zero attached hydrogens (tertiary/aromatic N) is 1. The third-order valence-electron chi connectivity index (χ3n) is 4.13. The standard InChI is InChI=1S/C20H21NOS/c1-15-11-12-23-20(15)16-7-9-19(10-8-16)21(2)13-17-5-3-4-6-18(17)14-22/h3-12,22H,13-14H2,1-2H3. The topological polar surface area (TPSA) is 23.5 Å². The van der Waals surface area contributed by atoms with Crippen molar-refractivity contribution >= 4 is 17.0 Å². The minimum atomic E-state index is 0.0839. The van der Waals surface area contributed by atoms with Gasteiger partial charge in [-0.3, -0.25) is 0 Å². The monoisotopic (exact) mass is 323 g/mol. The molecule has 0 fully saturated rings. The Labute approximate surface area is 141 Å². The van der Waals surface area contributed by atoms with E-state index >= 15 is 0 Å². The van der Waals surface area contributed by atoms with Crippen molar-refractivity contribution in [3.63, 3.8) is 0 Å². The molecule has 0 radical (unpaired) electrons. The van der Waals surface area contributed by atoms with Crippen molar-refractivity contribution in [2.75, 3.05) is 11.9 Å². The molecule has 3 aromatic rings. The maximum atomic E-state index is 9.45.